The second-order valence-corrected chi connectivity index (χ2v) is 6.54. The molecule has 0 aliphatic carbocycles. The first kappa shape index (κ1) is 21.0. The van der Waals surface area contributed by atoms with E-state index in [4.69, 9.17) is 16.3 Å². The lowest BCUT2D eigenvalue weighted by atomic mass is 10.2. The van der Waals surface area contributed by atoms with E-state index in [9.17, 15) is 19.5 Å². The molecule has 0 saturated carbocycles. The van der Waals surface area contributed by atoms with Gasteiger partial charge in [0.1, 0.15) is 13.2 Å². The zero-order valence-electron chi connectivity index (χ0n) is 15.5. The van der Waals surface area contributed by atoms with Crippen molar-refractivity contribution in [3.63, 3.8) is 0 Å². The molecule has 30 heavy (non-hydrogen) atoms. The van der Waals surface area contributed by atoms with Crippen molar-refractivity contribution in [3.05, 3.63) is 71.8 Å². The van der Waals surface area contributed by atoms with Gasteiger partial charge in [-0.1, -0.05) is 17.7 Å². The lowest BCUT2D eigenvalue weighted by Crippen LogP contribution is -2.24. The number of anilines is 2. The van der Waals surface area contributed by atoms with Gasteiger partial charge in [-0.2, -0.15) is 0 Å². The molecule has 0 aliphatic heterocycles. The first-order valence-corrected chi connectivity index (χ1v) is 9.09. The van der Waals surface area contributed by atoms with Gasteiger partial charge in [-0.3, -0.25) is 9.59 Å². The number of ether oxygens (including phenoxy) is 1. The Morgan fingerprint density at radius 1 is 1.07 bits per heavy atom. The van der Waals surface area contributed by atoms with Crippen LogP contribution in [-0.2, 0) is 14.3 Å². The number of aromatic nitrogens is 2. The van der Waals surface area contributed by atoms with Gasteiger partial charge < -0.3 is 25.0 Å². The highest BCUT2D eigenvalue weighted by molar-refractivity contribution is 6.31. The van der Waals surface area contributed by atoms with Gasteiger partial charge in [-0.25, -0.2) is 9.78 Å². The number of amides is 2. The standard InChI is InChI=1S/C20H17ClN4O5/c21-13-4-5-17(16(8-13)20(28)29)24-19(27)11-30-10-18(26)23-14-2-1-3-15(9-14)25-7-6-22-12-25/h1-9,12H,10-11H2,(H,23,26)(H,24,27)(H,28,29). The van der Waals surface area contributed by atoms with Crippen molar-refractivity contribution in [1.82, 2.24) is 9.55 Å². The molecule has 0 fully saturated rings. The predicted octanol–water partition coefficient (Wildman–Crippen LogP) is 2.82. The molecule has 9 nitrogen and oxygen atoms in total. The minimum absolute atomic E-state index is 0.0845. The number of nitrogens with one attached hydrogen (secondary N) is 2. The Balaban J connectivity index is 1.49. The molecule has 3 N–H and O–H groups in total. The number of nitrogens with zero attached hydrogens (tertiary/aromatic N) is 2. The molecule has 0 aliphatic rings. The molecular weight excluding hydrogens is 412 g/mol. The number of aromatic carboxylic acids is 1. The molecule has 10 heteroatoms. The second kappa shape index (κ2) is 9.68. The first-order valence-electron chi connectivity index (χ1n) is 8.71. The fraction of sp³-hybridized carbons (Fsp3) is 0.100. The Morgan fingerprint density at radius 3 is 2.53 bits per heavy atom. The summed E-state index contributed by atoms with van der Waals surface area (Å²) in [5.74, 6) is -2.27. The van der Waals surface area contributed by atoms with Crippen LogP contribution >= 0.6 is 11.6 Å². The molecule has 1 heterocycles. The van der Waals surface area contributed by atoms with Crippen molar-refractivity contribution in [2.24, 2.45) is 0 Å². The Hall–Kier alpha value is -3.69. The normalized spacial score (nSPS) is 10.4. The number of carboxylic acid groups (broad SMARTS) is 1. The van der Waals surface area contributed by atoms with Crippen LogP contribution in [0.5, 0.6) is 0 Å². The molecule has 2 aromatic carbocycles. The van der Waals surface area contributed by atoms with Crippen molar-refractivity contribution in [1.29, 1.82) is 0 Å². The van der Waals surface area contributed by atoms with Gasteiger partial charge in [-0.15, -0.1) is 0 Å². The van der Waals surface area contributed by atoms with Crippen LogP contribution in [0, 0.1) is 0 Å². The van der Waals surface area contributed by atoms with Crippen molar-refractivity contribution in [2.75, 3.05) is 23.8 Å². The van der Waals surface area contributed by atoms with Crippen LogP contribution in [0.15, 0.2) is 61.2 Å². The Morgan fingerprint density at radius 2 is 1.83 bits per heavy atom. The van der Waals surface area contributed by atoms with Crippen LogP contribution in [0.25, 0.3) is 5.69 Å². The van der Waals surface area contributed by atoms with Crippen molar-refractivity contribution in [2.45, 2.75) is 0 Å². The summed E-state index contributed by atoms with van der Waals surface area (Å²) in [6.07, 6.45) is 5.06. The lowest BCUT2D eigenvalue weighted by molar-refractivity contribution is -0.125. The third-order valence-electron chi connectivity index (χ3n) is 3.88. The molecule has 0 bridgehead atoms. The fourth-order valence-corrected chi connectivity index (χ4v) is 2.75. The molecule has 0 spiro atoms. The number of carboxylic acids is 1. The van der Waals surface area contributed by atoms with E-state index in [0.717, 1.165) is 5.69 Å². The Kier molecular flexibility index (Phi) is 6.79. The minimum atomic E-state index is -1.23. The first-order chi connectivity index (χ1) is 14.4. The van der Waals surface area contributed by atoms with E-state index < -0.39 is 24.4 Å². The van der Waals surface area contributed by atoms with Crippen molar-refractivity contribution in [3.8, 4) is 5.69 Å². The highest BCUT2D eigenvalue weighted by Crippen LogP contribution is 2.20. The van der Waals surface area contributed by atoms with Gasteiger partial charge in [0.05, 0.1) is 17.6 Å². The van der Waals surface area contributed by atoms with Crippen LogP contribution in [0.3, 0.4) is 0 Å². The van der Waals surface area contributed by atoms with Crippen LogP contribution in [-0.4, -0.2) is 45.7 Å². The van der Waals surface area contributed by atoms with Crippen LogP contribution < -0.4 is 10.6 Å². The fourth-order valence-electron chi connectivity index (χ4n) is 2.58. The Bertz CT molecular complexity index is 1070. The van der Waals surface area contributed by atoms with E-state index in [1.165, 1.54) is 18.2 Å². The van der Waals surface area contributed by atoms with E-state index in [1.807, 2.05) is 6.07 Å². The second-order valence-electron chi connectivity index (χ2n) is 6.10. The van der Waals surface area contributed by atoms with Gasteiger partial charge in [0.2, 0.25) is 11.8 Å². The smallest absolute Gasteiger partial charge is 0.337 e. The number of carbonyl (C=O) groups is 3. The molecule has 1 aromatic heterocycles. The van der Waals surface area contributed by atoms with E-state index in [0.29, 0.717) is 5.69 Å². The average molecular weight is 429 g/mol. The van der Waals surface area contributed by atoms with Gasteiger partial charge >= 0.3 is 5.97 Å². The highest BCUT2D eigenvalue weighted by Gasteiger charge is 2.14. The zero-order valence-corrected chi connectivity index (χ0v) is 16.3. The molecular formula is C20H17ClN4O5. The molecule has 2 amide bonds. The predicted molar refractivity (Wildman–Crippen MR) is 110 cm³/mol. The summed E-state index contributed by atoms with van der Waals surface area (Å²) in [4.78, 5) is 39.2. The number of hydrogen-bond acceptors (Lipinski definition) is 5. The van der Waals surface area contributed by atoms with Crippen molar-refractivity contribution >= 4 is 40.8 Å². The summed E-state index contributed by atoms with van der Waals surface area (Å²) in [6, 6.07) is 11.2. The van der Waals surface area contributed by atoms with Gasteiger partial charge in [0, 0.05) is 28.8 Å². The summed E-state index contributed by atoms with van der Waals surface area (Å²) in [5, 5.41) is 14.5. The van der Waals surface area contributed by atoms with E-state index in [2.05, 4.69) is 15.6 Å². The van der Waals surface area contributed by atoms with E-state index in [1.54, 1.807) is 41.5 Å². The zero-order chi connectivity index (χ0) is 21.5. The van der Waals surface area contributed by atoms with Crippen LogP contribution in [0.2, 0.25) is 5.02 Å². The van der Waals surface area contributed by atoms with E-state index >= 15 is 0 Å². The highest BCUT2D eigenvalue weighted by atomic mass is 35.5. The monoisotopic (exact) mass is 428 g/mol. The molecule has 0 saturated heterocycles. The number of halogens is 1. The van der Waals surface area contributed by atoms with Gasteiger partial charge in [-0.05, 0) is 36.4 Å². The van der Waals surface area contributed by atoms with Gasteiger partial charge in [0.15, 0.2) is 0 Å². The summed E-state index contributed by atoms with van der Waals surface area (Å²) in [6.45, 7) is -0.778. The average Bonchev–Trinajstić information content (AvgIpc) is 3.24. The molecule has 3 rings (SSSR count). The third-order valence-corrected chi connectivity index (χ3v) is 4.12. The third kappa shape index (κ3) is 5.66. The molecule has 0 atom stereocenters. The number of rotatable bonds is 8. The van der Waals surface area contributed by atoms with E-state index in [-0.39, 0.29) is 22.9 Å². The molecule has 154 valence electrons. The molecule has 0 radical (unpaired) electrons. The van der Waals surface area contributed by atoms with Gasteiger partial charge in [0.25, 0.3) is 0 Å². The number of imidazole rings is 1. The maximum atomic E-state index is 12.1. The molecule has 3 aromatic rings. The SMILES string of the molecule is O=C(COCC(=O)Nc1ccc(Cl)cc1C(=O)O)Nc1cccc(-n2ccnc2)c1. The largest absolute Gasteiger partial charge is 0.478 e. The lowest BCUT2D eigenvalue weighted by Gasteiger charge is -2.10. The van der Waals surface area contributed by atoms with Crippen LogP contribution in [0.4, 0.5) is 11.4 Å². The minimum Gasteiger partial charge on any atom is -0.478 e. The number of carbonyl (C=O) groups excluding carboxylic acids is 2. The number of benzene rings is 2. The topological polar surface area (TPSA) is 123 Å². The summed E-state index contributed by atoms with van der Waals surface area (Å²) in [7, 11) is 0. The maximum absolute atomic E-state index is 12.1. The summed E-state index contributed by atoms with van der Waals surface area (Å²) in [5.41, 5.74) is 1.32. The Labute approximate surface area is 176 Å². The molecule has 0 unspecified atom stereocenters. The quantitative estimate of drug-likeness (QED) is 0.507. The summed E-state index contributed by atoms with van der Waals surface area (Å²) < 4.78 is 6.91. The maximum Gasteiger partial charge on any atom is 0.337 e. The summed E-state index contributed by atoms with van der Waals surface area (Å²) >= 11 is 5.77. The van der Waals surface area contributed by atoms with Crippen molar-refractivity contribution < 1.29 is 24.2 Å². The number of hydrogen-bond donors (Lipinski definition) is 3. The van der Waals surface area contributed by atoms with Crippen LogP contribution in [0.1, 0.15) is 10.4 Å².